The van der Waals surface area contributed by atoms with Crippen molar-refractivity contribution in [2.45, 2.75) is 37.0 Å². The number of Topliss-reactive ketones (excluding diaryl/α,β-unsaturated/α-hetero) is 1. The fourth-order valence-corrected chi connectivity index (χ4v) is 2.71. The van der Waals surface area contributed by atoms with Crippen LogP contribution >= 0.6 is 0 Å². The summed E-state index contributed by atoms with van der Waals surface area (Å²) in [6.07, 6.45) is -6.23. The lowest BCUT2D eigenvalue weighted by atomic mass is 10.1. The molecule has 2 aromatic rings. The molecule has 10 nitrogen and oxygen atoms in total. The van der Waals surface area contributed by atoms with Crippen molar-refractivity contribution in [2.75, 3.05) is 0 Å². The van der Waals surface area contributed by atoms with Crippen LogP contribution < -0.4 is 11.1 Å². The summed E-state index contributed by atoms with van der Waals surface area (Å²) >= 11 is 0. The first-order valence-electron chi connectivity index (χ1n) is 9.02. The molecule has 0 saturated carbocycles. The van der Waals surface area contributed by atoms with Gasteiger partial charge < -0.3 is 11.1 Å². The number of non-ortho nitro benzene ring substituents is 1. The van der Waals surface area contributed by atoms with Gasteiger partial charge in [0.25, 0.3) is 21.7 Å². The summed E-state index contributed by atoms with van der Waals surface area (Å²) in [6.45, 7) is 1.68. The Morgan fingerprint density at radius 3 is 2.06 bits per heavy atom. The Kier molecular flexibility index (Phi) is 9.63. The van der Waals surface area contributed by atoms with Crippen molar-refractivity contribution in [3.8, 4) is 0 Å². The lowest BCUT2D eigenvalue weighted by Gasteiger charge is -2.12. The molecule has 1 amide bonds. The second-order valence-electron chi connectivity index (χ2n) is 6.68. The van der Waals surface area contributed by atoms with Crippen LogP contribution in [0.15, 0.2) is 53.4 Å². The Labute approximate surface area is 186 Å². The molecule has 1 unspecified atom stereocenters. The van der Waals surface area contributed by atoms with E-state index < -0.39 is 45.4 Å². The standard InChI is InChI=1S/C12H12F3N3O4.C7H8O3S/c13-12(14,15)5-9(16)10(19)11(20)17-6-7-1-3-8(4-2-7)18(21)22;1-6-2-4-7(5-3-6)11(8,9)10/h1-4,9H,5-6,16H2,(H,17,20);2-5H,1H3,(H,8,9,10). The lowest BCUT2D eigenvalue weighted by Crippen LogP contribution is -2.44. The van der Waals surface area contributed by atoms with Crippen LogP contribution in [0.5, 0.6) is 0 Å². The van der Waals surface area contributed by atoms with Crippen LogP contribution in [0, 0.1) is 17.0 Å². The number of carbonyl (C=O) groups is 2. The molecule has 33 heavy (non-hydrogen) atoms. The fourth-order valence-electron chi connectivity index (χ4n) is 2.23. The maximum absolute atomic E-state index is 12.1. The van der Waals surface area contributed by atoms with Gasteiger partial charge in [-0.3, -0.25) is 24.3 Å². The maximum Gasteiger partial charge on any atom is 0.391 e. The highest BCUT2D eigenvalue weighted by molar-refractivity contribution is 7.85. The average Bonchev–Trinajstić information content (AvgIpc) is 2.70. The number of benzene rings is 2. The molecule has 0 bridgehead atoms. The smallest absolute Gasteiger partial charge is 0.345 e. The quantitative estimate of drug-likeness (QED) is 0.229. The van der Waals surface area contributed by atoms with Crippen LogP contribution in [0.25, 0.3) is 0 Å². The molecule has 0 fully saturated rings. The molecule has 0 aromatic heterocycles. The number of nitro benzene ring substituents is 1. The van der Waals surface area contributed by atoms with Gasteiger partial charge in [0.2, 0.25) is 5.78 Å². The van der Waals surface area contributed by atoms with Gasteiger partial charge in [-0.2, -0.15) is 21.6 Å². The normalized spacial score (nSPS) is 12.2. The number of alkyl halides is 3. The lowest BCUT2D eigenvalue weighted by molar-refractivity contribution is -0.384. The molecule has 0 heterocycles. The van der Waals surface area contributed by atoms with Gasteiger partial charge in [-0.05, 0) is 24.6 Å². The van der Waals surface area contributed by atoms with Gasteiger partial charge in [0.05, 0.1) is 22.3 Å². The Morgan fingerprint density at radius 2 is 1.64 bits per heavy atom. The van der Waals surface area contributed by atoms with E-state index in [4.69, 9.17) is 10.3 Å². The summed E-state index contributed by atoms with van der Waals surface area (Å²) in [5.41, 5.74) is 6.26. The van der Waals surface area contributed by atoms with Gasteiger partial charge in [0.15, 0.2) is 0 Å². The SMILES string of the molecule is Cc1ccc(S(=O)(=O)O)cc1.NC(CC(F)(F)F)C(=O)C(=O)NCc1ccc([N+](=O)[O-])cc1. The van der Waals surface area contributed by atoms with Crippen molar-refractivity contribution < 1.29 is 40.7 Å². The zero-order chi connectivity index (χ0) is 25.4. The number of ketones is 1. The molecule has 0 aliphatic carbocycles. The average molecular weight is 491 g/mol. The van der Waals surface area contributed by atoms with Gasteiger partial charge in [-0.25, -0.2) is 0 Å². The van der Waals surface area contributed by atoms with E-state index in [0.29, 0.717) is 5.56 Å². The number of hydrogen-bond donors (Lipinski definition) is 3. The van der Waals surface area contributed by atoms with E-state index in [-0.39, 0.29) is 17.1 Å². The van der Waals surface area contributed by atoms with Crippen molar-refractivity contribution >= 4 is 27.5 Å². The van der Waals surface area contributed by atoms with Crippen LogP contribution in [0.4, 0.5) is 18.9 Å². The van der Waals surface area contributed by atoms with Gasteiger partial charge >= 0.3 is 6.18 Å². The molecule has 2 rings (SSSR count). The number of hydrogen-bond acceptors (Lipinski definition) is 7. The Bertz CT molecular complexity index is 1090. The third-order valence-corrected chi connectivity index (χ3v) is 4.80. The predicted octanol–water partition coefficient (Wildman–Crippen LogP) is 2.30. The number of nitrogens with zero attached hydrogens (tertiary/aromatic N) is 1. The summed E-state index contributed by atoms with van der Waals surface area (Å²) in [5.74, 6) is -2.62. The number of halogens is 3. The molecule has 2 aromatic carbocycles. The molecular weight excluding hydrogens is 471 g/mol. The molecule has 0 aliphatic rings. The molecule has 180 valence electrons. The van der Waals surface area contributed by atoms with Gasteiger partial charge in [-0.1, -0.05) is 29.8 Å². The summed E-state index contributed by atoms with van der Waals surface area (Å²) in [4.78, 5) is 32.5. The Morgan fingerprint density at radius 1 is 1.12 bits per heavy atom. The van der Waals surface area contributed by atoms with Crippen molar-refractivity contribution in [1.82, 2.24) is 5.32 Å². The van der Waals surface area contributed by atoms with Crippen molar-refractivity contribution in [1.29, 1.82) is 0 Å². The van der Waals surface area contributed by atoms with E-state index >= 15 is 0 Å². The number of nitro groups is 1. The molecular formula is C19H20F3N3O7S. The highest BCUT2D eigenvalue weighted by Gasteiger charge is 2.35. The topological polar surface area (TPSA) is 170 Å². The molecule has 14 heteroatoms. The summed E-state index contributed by atoms with van der Waals surface area (Å²) in [7, 11) is -4.02. The minimum Gasteiger partial charge on any atom is -0.345 e. The van der Waals surface area contributed by atoms with Gasteiger partial charge in [-0.15, -0.1) is 0 Å². The van der Waals surface area contributed by atoms with Crippen molar-refractivity contribution in [3.63, 3.8) is 0 Å². The number of nitrogens with one attached hydrogen (secondary N) is 1. The number of carbonyl (C=O) groups excluding carboxylic acids is 2. The Balaban J connectivity index is 0.000000412. The number of rotatable bonds is 7. The highest BCUT2D eigenvalue weighted by Crippen LogP contribution is 2.21. The second-order valence-corrected chi connectivity index (χ2v) is 8.11. The van der Waals surface area contributed by atoms with Crippen molar-refractivity contribution in [2.24, 2.45) is 5.73 Å². The third-order valence-electron chi connectivity index (χ3n) is 3.93. The first kappa shape index (κ1) is 27.7. The largest absolute Gasteiger partial charge is 0.391 e. The van der Waals surface area contributed by atoms with Crippen LogP contribution in [0.1, 0.15) is 17.5 Å². The van der Waals surface area contributed by atoms with Crippen molar-refractivity contribution in [3.05, 3.63) is 69.8 Å². The third kappa shape index (κ3) is 10.2. The first-order valence-corrected chi connectivity index (χ1v) is 10.5. The highest BCUT2D eigenvalue weighted by atomic mass is 32.2. The van der Waals surface area contributed by atoms with Crippen LogP contribution in [0.2, 0.25) is 0 Å². The van der Waals surface area contributed by atoms with E-state index in [2.05, 4.69) is 5.32 Å². The first-order chi connectivity index (χ1) is 15.1. The summed E-state index contributed by atoms with van der Waals surface area (Å²) in [5, 5.41) is 12.6. The number of aryl methyl sites for hydroxylation is 1. The summed E-state index contributed by atoms with van der Waals surface area (Å²) in [6, 6.07) is 9.10. The molecule has 1 atom stereocenters. The monoisotopic (exact) mass is 491 g/mol. The summed E-state index contributed by atoms with van der Waals surface area (Å²) < 4.78 is 65.7. The number of nitrogens with two attached hydrogens (primary N) is 1. The molecule has 0 saturated heterocycles. The van der Waals surface area contributed by atoms with E-state index in [1.54, 1.807) is 12.1 Å². The Hall–Kier alpha value is -3.36. The maximum atomic E-state index is 12.1. The molecule has 0 spiro atoms. The predicted molar refractivity (Wildman–Crippen MR) is 110 cm³/mol. The molecule has 0 aliphatic heterocycles. The fraction of sp³-hybridized carbons (Fsp3) is 0.263. The zero-order valence-corrected chi connectivity index (χ0v) is 17.9. The van der Waals surface area contributed by atoms with Gasteiger partial charge in [0, 0.05) is 18.7 Å². The minimum absolute atomic E-state index is 0.0666. The minimum atomic E-state index is -4.65. The van der Waals surface area contributed by atoms with Crippen LogP contribution in [-0.2, 0) is 26.3 Å². The second kappa shape index (κ2) is 11.5. The van der Waals surface area contributed by atoms with E-state index in [1.807, 2.05) is 6.92 Å². The zero-order valence-electron chi connectivity index (χ0n) is 17.1. The van der Waals surface area contributed by atoms with Crippen LogP contribution in [0.3, 0.4) is 0 Å². The van der Waals surface area contributed by atoms with E-state index in [0.717, 1.165) is 5.56 Å². The van der Waals surface area contributed by atoms with E-state index in [1.165, 1.54) is 36.4 Å². The van der Waals surface area contributed by atoms with Gasteiger partial charge in [0.1, 0.15) is 0 Å². The molecule has 0 radical (unpaired) electrons. The van der Waals surface area contributed by atoms with E-state index in [9.17, 15) is 41.3 Å². The number of amides is 1. The molecule has 4 N–H and O–H groups in total. The van der Waals surface area contributed by atoms with Crippen LogP contribution in [-0.4, -0.2) is 41.8 Å².